The maximum atomic E-state index is 11.0. The van der Waals surface area contributed by atoms with Gasteiger partial charge in [0, 0.05) is 0 Å². The van der Waals surface area contributed by atoms with Gasteiger partial charge in [0.15, 0.2) is 0 Å². The minimum atomic E-state index is -4.54. The SMILES string of the molecule is O=S(=O)([O-])c1ccc2c(c1)Cc1cc(S(=O)(=O)[O-])ccc1-2.[Na+].[Na+]. The smallest absolute Gasteiger partial charge is 0.744 e. The van der Waals surface area contributed by atoms with Gasteiger partial charge in [-0.2, -0.15) is 0 Å². The molecule has 6 nitrogen and oxygen atoms in total. The average molecular weight is 370 g/mol. The Hall–Kier alpha value is 0.260. The molecule has 0 heterocycles. The van der Waals surface area contributed by atoms with E-state index in [1.807, 2.05) is 0 Å². The van der Waals surface area contributed by atoms with Crippen LogP contribution in [0.4, 0.5) is 0 Å². The Balaban J connectivity index is 0.00000132. The van der Waals surface area contributed by atoms with Gasteiger partial charge in [-0.15, -0.1) is 0 Å². The number of hydrogen-bond donors (Lipinski definition) is 0. The van der Waals surface area contributed by atoms with E-state index in [0.29, 0.717) is 11.1 Å². The van der Waals surface area contributed by atoms with Gasteiger partial charge < -0.3 is 9.11 Å². The van der Waals surface area contributed by atoms with Crippen LogP contribution in [0.15, 0.2) is 46.2 Å². The molecule has 0 atom stereocenters. The van der Waals surface area contributed by atoms with Crippen molar-refractivity contribution < 1.29 is 85.1 Å². The number of fused-ring (bicyclic) bond motifs is 3. The molecule has 0 unspecified atom stereocenters. The molecule has 0 saturated heterocycles. The molecule has 0 fully saturated rings. The molecule has 0 saturated carbocycles. The fraction of sp³-hybridized carbons (Fsp3) is 0.0769. The topological polar surface area (TPSA) is 114 Å². The first-order valence-electron chi connectivity index (χ1n) is 5.84. The monoisotopic (exact) mass is 370 g/mol. The van der Waals surface area contributed by atoms with Gasteiger partial charge in [-0.25, -0.2) is 16.8 Å². The molecule has 0 bridgehead atoms. The van der Waals surface area contributed by atoms with Crippen molar-refractivity contribution in [1.82, 2.24) is 0 Å². The Bertz CT molecular complexity index is 888. The maximum Gasteiger partial charge on any atom is 1.00 e. The molecule has 10 heteroatoms. The van der Waals surface area contributed by atoms with Crippen LogP contribution < -0.4 is 59.1 Å². The van der Waals surface area contributed by atoms with Crippen LogP contribution in [0.25, 0.3) is 11.1 Å². The van der Waals surface area contributed by atoms with Crippen LogP contribution in [0.2, 0.25) is 0 Å². The number of benzene rings is 2. The van der Waals surface area contributed by atoms with E-state index >= 15 is 0 Å². The van der Waals surface area contributed by atoms with Gasteiger partial charge in [0.25, 0.3) is 0 Å². The van der Waals surface area contributed by atoms with Gasteiger partial charge in [0.05, 0.1) is 9.79 Å². The van der Waals surface area contributed by atoms with Gasteiger partial charge in [0.2, 0.25) is 0 Å². The second-order valence-electron chi connectivity index (χ2n) is 4.72. The van der Waals surface area contributed by atoms with Crippen LogP contribution in [0, 0.1) is 0 Å². The van der Waals surface area contributed by atoms with Gasteiger partial charge in [0.1, 0.15) is 20.2 Å². The minimum absolute atomic E-state index is 0. The largest absolute Gasteiger partial charge is 1.00 e. The molecule has 2 aromatic rings. The Morgan fingerprint density at radius 2 is 1.04 bits per heavy atom. The Labute approximate surface area is 178 Å². The van der Waals surface area contributed by atoms with Crippen molar-refractivity contribution >= 4 is 20.2 Å². The second kappa shape index (κ2) is 7.25. The van der Waals surface area contributed by atoms with Crippen molar-refractivity contribution in [1.29, 1.82) is 0 Å². The molecule has 0 N–H and O–H groups in total. The summed E-state index contributed by atoms with van der Waals surface area (Å²) >= 11 is 0. The minimum Gasteiger partial charge on any atom is -0.744 e. The molecule has 0 aliphatic heterocycles. The van der Waals surface area contributed by atoms with E-state index in [2.05, 4.69) is 0 Å². The van der Waals surface area contributed by atoms with E-state index in [-0.39, 0.29) is 75.3 Å². The molecule has 1 aliphatic rings. The zero-order chi connectivity index (χ0) is 15.4. The third-order valence-corrected chi connectivity index (χ3v) is 5.06. The summed E-state index contributed by atoms with van der Waals surface area (Å²) < 4.78 is 66.1. The van der Waals surface area contributed by atoms with Gasteiger partial charge in [-0.3, -0.25) is 0 Å². The fourth-order valence-corrected chi connectivity index (χ4v) is 3.52. The zero-order valence-corrected chi connectivity index (χ0v) is 18.1. The van der Waals surface area contributed by atoms with Crippen LogP contribution in [0.3, 0.4) is 0 Å². The predicted molar refractivity (Wildman–Crippen MR) is 70.6 cm³/mol. The van der Waals surface area contributed by atoms with Crippen molar-refractivity contribution in [3.05, 3.63) is 47.5 Å². The van der Waals surface area contributed by atoms with E-state index in [0.717, 1.165) is 11.1 Å². The van der Waals surface area contributed by atoms with E-state index < -0.39 is 20.2 Å². The quantitative estimate of drug-likeness (QED) is 0.330. The summed E-state index contributed by atoms with van der Waals surface area (Å²) in [6.07, 6.45) is 0.275. The van der Waals surface area contributed by atoms with Crippen molar-refractivity contribution in [3.63, 3.8) is 0 Å². The molecular weight excluding hydrogens is 362 g/mol. The average Bonchev–Trinajstić information content (AvgIpc) is 2.73. The number of rotatable bonds is 2. The third-order valence-electron chi connectivity index (χ3n) is 3.40. The molecule has 0 spiro atoms. The molecule has 2 aromatic carbocycles. The van der Waals surface area contributed by atoms with Crippen molar-refractivity contribution in [2.45, 2.75) is 16.2 Å². The van der Waals surface area contributed by atoms with Crippen LogP contribution in [0.1, 0.15) is 11.1 Å². The van der Waals surface area contributed by atoms with E-state index in [1.165, 1.54) is 36.4 Å². The van der Waals surface area contributed by atoms with E-state index in [9.17, 15) is 25.9 Å². The Kier molecular flexibility index (Phi) is 6.71. The van der Waals surface area contributed by atoms with Gasteiger partial charge in [-0.05, 0) is 52.9 Å². The first-order valence-corrected chi connectivity index (χ1v) is 8.66. The summed E-state index contributed by atoms with van der Waals surface area (Å²) in [6, 6.07) is 8.02. The van der Waals surface area contributed by atoms with Gasteiger partial charge in [-0.1, -0.05) is 12.1 Å². The summed E-state index contributed by atoms with van der Waals surface area (Å²) in [4.78, 5) is -0.656. The summed E-state index contributed by atoms with van der Waals surface area (Å²) in [5.74, 6) is 0. The molecule has 23 heavy (non-hydrogen) atoms. The molecule has 0 aromatic heterocycles. The van der Waals surface area contributed by atoms with Crippen LogP contribution >= 0.6 is 0 Å². The maximum absolute atomic E-state index is 11.0. The standard InChI is InChI=1S/C13H10O6S2.2Na/c14-20(15,16)10-1-3-12-8(6-10)5-9-7-11(21(17,18)19)2-4-13(9)12;;/h1-4,6-7H,5H2,(H,14,15,16)(H,17,18,19);;/q;2*+1/p-2. The second-order valence-corrected chi connectivity index (χ2v) is 7.48. The Morgan fingerprint density at radius 1 is 0.696 bits per heavy atom. The molecule has 3 rings (SSSR count). The molecule has 0 radical (unpaired) electrons. The van der Waals surface area contributed by atoms with Crippen LogP contribution in [-0.4, -0.2) is 25.9 Å². The summed E-state index contributed by atoms with van der Waals surface area (Å²) in [5, 5.41) is 0. The summed E-state index contributed by atoms with van der Waals surface area (Å²) in [7, 11) is -9.08. The normalized spacial score (nSPS) is 12.6. The van der Waals surface area contributed by atoms with E-state index in [1.54, 1.807) is 0 Å². The zero-order valence-electron chi connectivity index (χ0n) is 12.4. The van der Waals surface area contributed by atoms with Gasteiger partial charge >= 0.3 is 59.1 Å². The van der Waals surface area contributed by atoms with Crippen LogP contribution in [-0.2, 0) is 26.7 Å². The summed E-state index contributed by atoms with van der Waals surface area (Å²) in [5.41, 5.74) is 2.68. The molecule has 1 aliphatic carbocycles. The van der Waals surface area contributed by atoms with E-state index in [4.69, 9.17) is 0 Å². The molecule has 110 valence electrons. The van der Waals surface area contributed by atoms with Crippen molar-refractivity contribution in [3.8, 4) is 11.1 Å². The first-order chi connectivity index (χ1) is 9.66. The first kappa shape index (κ1) is 21.3. The van der Waals surface area contributed by atoms with Crippen molar-refractivity contribution in [2.24, 2.45) is 0 Å². The summed E-state index contributed by atoms with van der Waals surface area (Å²) in [6.45, 7) is 0. The predicted octanol–water partition coefficient (Wildman–Crippen LogP) is -4.93. The molecular formula is C13H8Na2O6S2. The van der Waals surface area contributed by atoms with Crippen LogP contribution in [0.5, 0.6) is 0 Å². The molecule has 0 amide bonds. The fourth-order valence-electron chi connectivity index (χ4n) is 2.47. The third kappa shape index (κ3) is 4.27. The van der Waals surface area contributed by atoms with Crippen molar-refractivity contribution in [2.75, 3.05) is 0 Å². The number of hydrogen-bond acceptors (Lipinski definition) is 6. The Morgan fingerprint density at radius 3 is 1.35 bits per heavy atom.